The molecule has 3 heterocycles. The number of piperidine rings is 1. The Morgan fingerprint density at radius 1 is 1.22 bits per heavy atom. The first kappa shape index (κ1) is 17.5. The standard InChI is InChI=1S/C21H24N4O2/c1-15-7-8-16(13-19(15)25-12-10-23-21(25)27)20(26)24-11-3-2-6-18(24)17-5-4-9-22-14-17/h4-5,7-9,13-14,18H,2-3,6,10-12H2,1H3,(H,23,27)/t18-/m1/s1. The van der Waals surface area contributed by atoms with Gasteiger partial charge in [-0.2, -0.15) is 0 Å². The summed E-state index contributed by atoms with van der Waals surface area (Å²) in [5, 5.41) is 2.82. The summed E-state index contributed by atoms with van der Waals surface area (Å²) in [6, 6.07) is 9.56. The molecule has 2 aliphatic heterocycles. The largest absolute Gasteiger partial charge is 0.336 e. The summed E-state index contributed by atoms with van der Waals surface area (Å²) in [7, 11) is 0. The molecule has 0 unspecified atom stereocenters. The second kappa shape index (κ2) is 7.39. The Kier molecular flexibility index (Phi) is 4.79. The Labute approximate surface area is 159 Å². The summed E-state index contributed by atoms with van der Waals surface area (Å²) in [5.41, 5.74) is 3.51. The van der Waals surface area contributed by atoms with Crippen LogP contribution in [0.25, 0.3) is 0 Å². The first-order valence-electron chi connectivity index (χ1n) is 9.52. The Hall–Kier alpha value is -2.89. The van der Waals surface area contributed by atoms with Crippen LogP contribution in [0.4, 0.5) is 10.5 Å². The van der Waals surface area contributed by atoms with Gasteiger partial charge in [-0.1, -0.05) is 12.1 Å². The van der Waals surface area contributed by atoms with Gasteiger partial charge in [0, 0.05) is 43.3 Å². The van der Waals surface area contributed by atoms with Crippen molar-refractivity contribution in [3.63, 3.8) is 0 Å². The van der Waals surface area contributed by atoms with Crippen LogP contribution in [0, 0.1) is 6.92 Å². The highest BCUT2D eigenvalue weighted by Crippen LogP contribution is 2.32. The van der Waals surface area contributed by atoms with E-state index in [9.17, 15) is 9.59 Å². The molecule has 2 fully saturated rings. The molecule has 0 spiro atoms. The number of amides is 3. The summed E-state index contributed by atoms with van der Waals surface area (Å²) >= 11 is 0. The van der Waals surface area contributed by atoms with E-state index in [4.69, 9.17) is 0 Å². The molecule has 6 heteroatoms. The van der Waals surface area contributed by atoms with Crippen molar-refractivity contribution < 1.29 is 9.59 Å². The van der Waals surface area contributed by atoms with Gasteiger partial charge in [0.05, 0.1) is 6.04 Å². The predicted octanol–water partition coefficient (Wildman–Crippen LogP) is 3.29. The van der Waals surface area contributed by atoms with Gasteiger partial charge >= 0.3 is 6.03 Å². The van der Waals surface area contributed by atoms with Crippen LogP contribution in [-0.2, 0) is 0 Å². The van der Waals surface area contributed by atoms with Gasteiger partial charge < -0.3 is 10.2 Å². The van der Waals surface area contributed by atoms with E-state index in [0.29, 0.717) is 18.7 Å². The van der Waals surface area contributed by atoms with Crippen molar-refractivity contribution in [3.05, 3.63) is 59.4 Å². The second-order valence-corrected chi connectivity index (χ2v) is 7.18. The van der Waals surface area contributed by atoms with Gasteiger partial charge in [-0.15, -0.1) is 0 Å². The van der Waals surface area contributed by atoms with E-state index in [-0.39, 0.29) is 18.0 Å². The number of carbonyl (C=O) groups is 2. The van der Waals surface area contributed by atoms with Gasteiger partial charge in [0.1, 0.15) is 0 Å². The Morgan fingerprint density at radius 3 is 2.85 bits per heavy atom. The lowest BCUT2D eigenvalue weighted by atomic mass is 9.95. The summed E-state index contributed by atoms with van der Waals surface area (Å²) < 4.78 is 0. The lowest BCUT2D eigenvalue weighted by Crippen LogP contribution is -2.38. The molecule has 1 atom stereocenters. The minimum atomic E-state index is -0.103. The molecule has 140 valence electrons. The van der Waals surface area contributed by atoms with Crippen molar-refractivity contribution in [1.29, 1.82) is 0 Å². The maximum Gasteiger partial charge on any atom is 0.322 e. The van der Waals surface area contributed by atoms with E-state index in [1.54, 1.807) is 11.1 Å². The van der Waals surface area contributed by atoms with Crippen LogP contribution >= 0.6 is 0 Å². The SMILES string of the molecule is Cc1ccc(C(=O)N2CCCC[C@@H]2c2cccnc2)cc1N1CCNC1=O. The average Bonchev–Trinajstić information content (AvgIpc) is 3.14. The highest BCUT2D eigenvalue weighted by atomic mass is 16.2. The number of hydrogen-bond donors (Lipinski definition) is 1. The van der Waals surface area contributed by atoms with Crippen molar-refractivity contribution in [2.75, 3.05) is 24.5 Å². The number of aryl methyl sites for hydroxylation is 1. The van der Waals surface area contributed by atoms with Crippen LogP contribution in [0.5, 0.6) is 0 Å². The van der Waals surface area contributed by atoms with Gasteiger partial charge in [0.15, 0.2) is 0 Å². The van der Waals surface area contributed by atoms with Crippen molar-refractivity contribution in [1.82, 2.24) is 15.2 Å². The molecule has 2 aliphatic rings. The predicted molar refractivity (Wildman–Crippen MR) is 104 cm³/mol. The molecule has 1 aromatic heterocycles. The van der Waals surface area contributed by atoms with Gasteiger partial charge in [0.2, 0.25) is 0 Å². The van der Waals surface area contributed by atoms with E-state index in [1.165, 1.54) is 0 Å². The zero-order valence-electron chi connectivity index (χ0n) is 15.5. The van der Waals surface area contributed by atoms with E-state index in [1.807, 2.05) is 48.4 Å². The molecule has 0 radical (unpaired) electrons. The van der Waals surface area contributed by atoms with Gasteiger partial charge in [0.25, 0.3) is 5.91 Å². The molecule has 0 aliphatic carbocycles. The number of aromatic nitrogens is 1. The molecule has 27 heavy (non-hydrogen) atoms. The zero-order chi connectivity index (χ0) is 18.8. The smallest absolute Gasteiger partial charge is 0.322 e. The van der Waals surface area contributed by atoms with Crippen molar-refractivity contribution in [2.24, 2.45) is 0 Å². The summed E-state index contributed by atoms with van der Waals surface area (Å²) in [4.78, 5) is 33.3. The molecule has 6 nitrogen and oxygen atoms in total. The Balaban J connectivity index is 1.64. The summed E-state index contributed by atoms with van der Waals surface area (Å²) in [5.74, 6) is 0.0180. The number of likely N-dealkylation sites (tertiary alicyclic amines) is 1. The second-order valence-electron chi connectivity index (χ2n) is 7.18. The third-order valence-corrected chi connectivity index (χ3v) is 5.44. The molecular weight excluding hydrogens is 340 g/mol. The molecule has 0 saturated carbocycles. The van der Waals surface area contributed by atoms with E-state index < -0.39 is 0 Å². The fourth-order valence-electron chi connectivity index (χ4n) is 3.99. The normalized spacial score (nSPS) is 19.9. The molecule has 4 rings (SSSR count). The fraction of sp³-hybridized carbons (Fsp3) is 0.381. The van der Waals surface area contributed by atoms with Crippen LogP contribution in [0.1, 0.15) is 46.8 Å². The molecule has 3 amide bonds. The van der Waals surface area contributed by atoms with Crippen LogP contribution in [0.3, 0.4) is 0 Å². The number of carbonyl (C=O) groups excluding carboxylic acids is 2. The quantitative estimate of drug-likeness (QED) is 0.909. The molecule has 0 bridgehead atoms. The highest BCUT2D eigenvalue weighted by Gasteiger charge is 2.30. The molecule has 1 N–H and O–H groups in total. The number of nitrogens with one attached hydrogen (secondary N) is 1. The number of rotatable bonds is 3. The van der Waals surface area contributed by atoms with Gasteiger partial charge in [-0.25, -0.2) is 4.79 Å². The average molecular weight is 364 g/mol. The molecule has 2 aromatic rings. The van der Waals surface area contributed by atoms with Crippen LogP contribution in [0.15, 0.2) is 42.7 Å². The molecular formula is C21H24N4O2. The summed E-state index contributed by atoms with van der Waals surface area (Å²) in [6.45, 7) is 3.96. The van der Waals surface area contributed by atoms with E-state index in [2.05, 4.69) is 10.3 Å². The van der Waals surface area contributed by atoms with Crippen molar-refractivity contribution in [2.45, 2.75) is 32.2 Å². The number of anilines is 1. The number of pyridine rings is 1. The van der Waals surface area contributed by atoms with Gasteiger partial charge in [-0.05, 0) is 55.5 Å². The fourth-order valence-corrected chi connectivity index (χ4v) is 3.99. The number of benzene rings is 1. The summed E-state index contributed by atoms with van der Waals surface area (Å²) in [6.07, 6.45) is 6.67. The van der Waals surface area contributed by atoms with E-state index in [0.717, 1.165) is 42.6 Å². The van der Waals surface area contributed by atoms with E-state index >= 15 is 0 Å². The maximum absolute atomic E-state index is 13.3. The number of hydrogen-bond acceptors (Lipinski definition) is 3. The number of nitrogens with zero attached hydrogens (tertiary/aromatic N) is 3. The van der Waals surface area contributed by atoms with Crippen molar-refractivity contribution >= 4 is 17.6 Å². The Bertz CT molecular complexity index is 853. The maximum atomic E-state index is 13.3. The third-order valence-electron chi connectivity index (χ3n) is 5.44. The lowest BCUT2D eigenvalue weighted by molar-refractivity contribution is 0.0611. The monoisotopic (exact) mass is 364 g/mol. The molecule has 2 saturated heterocycles. The highest BCUT2D eigenvalue weighted by molar-refractivity contribution is 5.99. The zero-order valence-corrected chi connectivity index (χ0v) is 15.5. The molecule has 1 aromatic carbocycles. The minimum absolute atomic E-state index is 0.0180. The Morgan fingerprint density at radius 2 is 2.11 bits per heavy atom. The van der Waals surface area contributed by atoms with Crippen LogP contribution in [0.2, 0.25) is 0 Å². The number of urea groups is 1. The lowest BCUT2D eigenvalue weighted by Gasteiger charge is -2.36. The minimum Gasteiger partial charge on any atom is -0.336 e. The van der Waals surface area contributed by atoms with Crippen molar-refractivity contribution in [3.8, 4) is 0 Å². The van der Waals surface area contributed by atoms with Gasteiger partial charge in [-0.3, -0.25) is 14.7 Å². The first-order chi connectivity index (χ1) is 13.1. The van der Waals surface area contributed by atoms with Crippen LogP contribution in [-0.4, -0.2) is 41.5 Å². The first-order valence-corrected chi connectivity index (χ1v) is 9.52. The van der Waals surface area contributed by atoms with Crippen LogP contribution < -0.4 is 10.2 Å². The third kappa shape index (κ3) is 3.39. The topological polar surface area (TPSA) is 65.5 Å².